The average Bonchev–Trinajstić information content (AvgIpc) is 3.01. The van der Waals surface area contributed by atoms with E-state index in [1.54, 1.807) is 24.3 Å². The first-order chi connectivity index (χ1) is 9.98. The first-order valence-electron chi connectivity index (χ1n) is 6.27. The van der Waals surface area contributed by atoms with E-state index in [4.69, 9.17) is 9.15 Å². The van der Waals surface area contributed by atoms with Gasteiger partial charge in [-0.05, 0) is 18.2 Å². The largest absolute Gasteiger partial charge is 0.493 e. The molecule has 1 aromatic heterocycles. The highest BCUT2D eigenvalue weighted by molar-refractivity contribution is 7.94. The van der Waals surface area contributed by atoms with Crippen molar-refractivity contribution in [1.82, 2.24) is 5.32 Å². The quantitative estimate of drug-likeness (QED) is 0.928. The minimum Gasteiger partial charge on any atom is -0.493 e. The van der Waals surface area contributed by atoms with Crippen molar-refractivity contribution in [1.29, 1.82) is 0 Å². The number of hydrogen-bond acceptors (Lipinski definition) is 5. The van der Waals surface area contributed by atoms with Gasteiger partial charge < -0.3 is 14.5 Å². The molecule has 0 saturated heterocycles. The summed E-state index contributed by atoms with van der Waals surface area (Å²) in [5.41, 5.74) is 0.486. The summed E-state index contributed by atoms with van der Waals surface area (Å²) in [6.45, 7) is 0. The predicted molar refractivity (Wildman–Crippen MR) is 76.9 cm³/mol. The third-order valence-corrected chi connectivity index (χ3v) is 4.59. The molecule has 1 aliphatic heterocycles. The second kappa shape index (κ2) is 4.92. The fourth-order valence-electron chi connectivity index (χ4n) is 2.21. The number of furan rings is 1. The zero-order valence-electron chi connectivity index (χ0n) is 11.2. The second-order valence-electron chi connectivity index (χ2n) is 4.73. The molecule has 0 unspecified atom stereocenters. The van der Waals surface area contributed by atoms with Crippen molar-refractivity contribution in [2.45, 2.75) is 6.04 Å². The van der Waals surface area contributed by atoms with Gasteiger partial charge in [0.05, 0.1) is 18.9 Å². The predicted octanol–water partition coefficient (Wildman–Crippen LogP) is 1.48. The van der Waals surface area contributed by atoms with Gasteiger partial charge >= 0.3 is 0 Å². The van der Waals surface area contributed by atoms with Crippen molar-refractivity contribution in [3.63, 3.8) is 0 Å². The van der Waals surface area contributed by atoms with E-state index >= 15 is 0 Å². The Kier molecular flexibility index (Phi) is 3.21. The van der Waals surface area contributed by atoms with Gasteiger partial charge in [-0.3, -0.25) is 4.79 Å². The van der Waals surface area contributed by atoms with Crippen LogP contribution in [0.5, 0.6) is 5.75 Å². The molecule has 0 aliphatic carbocycles. The molecule has 0 bridgehead atoms. The molecule has 0 fully saturated rings. The topological polar surface area (TPSA) is 85.6 Å². The summed E-state index contributed by atoms with van der Waals surface area (Å²) >= 11 is 0. The first kappa shape index (κ1) is 13.7. The zero-order valence-corrected chi connectivity index (χ0v) is 12.0. The summed E-state index contributed by atoms with van der Waals surface area (Å²) in [6, 6.07) is 6.40. The maximum absolute atomic E-state index is 12.1. The van der Waals surface area contributed by atoms with E-state index in [0.717, 1.165) is 10.8 Å². The standard InChI is InChI=1S/C14H13NO5S/c1-19-11-4-2-3-9-7-12(20-13(9)11)14(16)15-10-5-6-21(17,18)8-10/h2-7,10H,8H2,1H3,(H,15,16)/t10-/m1/s1. The lowest BCUT2D eigenvalue weighted by Crippen LogP contribution is -2.35. The van der Waals surface area contributed by atoms with E-state index in [2.05, 4.69) is 5.32 Å². The van der Waals surface area contributed by atoms with E-state index in [9.17, 15) is 13.2 Å². The molecule has 1 aromatic carbocycles. The van der Waals surface area contributed by atoms with Gasteiger partial charge in [0.1, 0.15) is 0 Å². The summed E-state index contributed by atoms with van der Waals surface area (Å²) in [7, 11) is -1.69. The van der Waals surface area contributed by atoms with Gasteiger partial charge in [0.2, 0.25) is 0 Å². The Morgan fingerprint density at radius 1 is 1.43 bits per heavy atom. The number of amides is 1. The number of benzene rings is 1. The fraction of sp³-hybridized carbons (Fsp3) is 0.214. The third kappa shape index (κ3) is 2.64. The number of nitrogens with one attached hydrogen (secondary N) is 1. The lowest BCUT2D eigenvalue weighted by molar-refractivity contribution is 0.0922. The SMILES string of the molecule is COc1cccc2cc(C(=O)N[C@@H]3C=CS(=O)(=O)C3)oc12. The molecule has 2 heterocycles. The Bertz CT molecular complexity index is 834. The van der Waals surface area contributed by atoms with E-state index < -0.39 is 21.8 Å². The molecular weight excluding hydrogens is 294 g/mol. The van der Waals surface area contributed by atoms with Gasteiger partial charge in [0, 0.05) is 10.8 Å². The highest BCUT2D eigenvalue weighted by atomic mass is 32.2. The Labute approximate surface area is 121 Å². The maximum Gasteiger partial charge on any atom is 0.287 e. The molecular formula is C14H13NO5S. The number of sulfone groups is 1. The van der Waals surface area contributed by atoms with Crippen LogP contribution in [-0.2, 0) is 9.84 Å². The molecule has 2 aromatic rings. The van der Waals surface area contributed by atoms with Crippen molar-refractivity contribution >= 4 is 26.7 Å². The highest BCUT2D eigenvalue weighted by Crippen LogP contribution is 2.28. The van der Waals surface area contributed by atoms with Crippen LogP contribution in [0.1, 0.15) is 10.6 Å². The molecule has 0 saturated carbocycles. The molecule has 21 heavy (non-hydrogen) atoms. The molecule has 0 spiro atoms. The van der Waals surface area contributed by atoms with Gasteiger partial charge in [-0.1, -0.05) is 12.1 Å². The Hall–Kier alpha value is -2.28. The van der Waals surface area contributed by atoms with E-state index in [1.807, 2.05) is 0 Å². The van der Waals surface area contributed by atoms with Crippen molar-refractivity contribution in [3.05, 3.63) is 41.5 Å². The number of fused-ring (bicyclic) bond motifs is 1. The molecule has 1 atom stereocenters. The molecule has 1 amide bonds. The van der Waals surface area contributed by atoms with Gasteiger partial charge in [0.15, 0.2) is 26.9 Å². The van der Waals surface area contributed by atoms with Gasteiger partial charge in [-0.15, -0.1) is 0 Å². The number of para-hydroxylation sites is 1. The van der Waals surface area contributed by atoms with Crippen LogP contribution >= 0.6 is 0 Å². The van der Waals surface area contributed by atoms with Crippen LogP contribution in [0.15, 0.2) is 40.2 Å². The highest BCUT2D eigenvalue weighted by Gasteiger charge is 2.24. The summed E-state index contributed by atoms with van der Waals surface area (Å²) < 4.78 is 33.3. The van der Waals surface area contributed by atoms with E-state index in [1.165, 1.54) is 13.2 Å². The third-order valence-electron chi connectivity index (χ3n) is 3.20. The van der Waals surface area contributed by atoms with Crippen LogP contribution in [-0.4, -0.2) is 33.2 Å². The maximum atomic E-state index is 12.1. The van der Waals surface area contributed by atoms with Gasteiger partial charge in [-0.25, -0.2) is 8.42 Å². The molecule has 110 valence electrons. The van der Waals surface area contributed by atoms with Crippen LogP contribution in [0.4, 0.5) is 0 Å². The summed E-state index contributed by atoms with van der Waals surface area (Å²) in [4.78, 5) is 12.1. The number of ether oxygens (including phenoxy) is 1. The number of carbonyl (C=O) groups excluding carboxylic acids is 1. The molecule has 1 N–H and O–H groups in total. The van der Waals surface area contributed by atoms with Crippen LogP contribution in [0.25, 0.3) is 11.0 Å². The van der Waals surface area contributed by atoms with E-state index in [0.29, 0.717) is 11.3 Å². The minimum absolute atomic E-state index is 0.118. The van der Waals surface area contributed by atoms with Crippen molar-refractivity contribution in [2.75, 3.05) is 12.9 Å². The summed E-state index contributed by atoms with van der Waals surface area (Å²) in [5.74, 6) is 0.0737. The fourth-order valence-corrected chi connectivity index (χ4v) is 3.45. The van der Waals surface area contributed by atoms with Gasteiger partial charge in [-0.2, -0.15) is 0 Å². The van der Waals surface area contributed by atoms with Crippen LogP contribution < -0.4 is 10.1 Å². The molecule has 0 radical (unpaired) electrons. The van der Waals surface area contributed by atoms with Crippen LogP contribution in [0.2, 0.25) is 0 Å². The lowest BCUT2D eigenvalue weighted by atomic mass is 10.2. The number of hydrogen-bond donors (Lipinski definition) is 1. The normalized spacial score (nSPS) is 19.8. The Balaban J connectivity index is 1.84. The average molecular weight is 307 g/mol. The Morgan fingerprint density at radius 3 is 2.90 bits per heavy atom. The zero-order chi connectivity index (χ0) is 15.0. The smallest absolute Gasteiger partial charge is 0.287 e. The number of rotatable bonds is 3. The van der Waals surface area contributed by atoms with Crippen molar-refractivity contribution < 1.29 is 22.4 Å². The second-order valence-corrected chi connectivity index (χ2v) is 6.66. The van der Waals surface area contributed by atoms with Crippen molar-refractivity contribution in [3.8, 4) is 5.75 Å². The molecule has 6 nitrogen and oxygen atoms in total. The van der Waals surface area contributed by atoms with Gasteiger partial charge in [0.25, 0.3) is 5.91 Å². The van der Waals surface area contributed by atoms with Crippen LogP contribution in [0.3, 0.4) is 0 Å². The minimum atomic E-state index is -3.20. The Morgan fingerprint density at radius 2 is 2.24 bits per heavy atom. The summed E-state index contributed by atoms with van der Waals surface area (Å²) in [6.07, 6.45) is 1.45. The summed E-state index contributed by atoms with van der Waals surface area (Å²) in [5, 5.41) is 4.46. The number of carbonyl (C=O) groups is 1. The molecule has 7 heteroatoms. The number of methoxy groups -OCH3 is 1. The van der Waals surface area contributed by atoms with Crippen molar-refractivity contribution in [2.24, 2.45) is 0 Å². The van der Waals surface area contributed by atoms with E-state index in [-0.39, 0.29) is 11.5 Å². The monoisotopic (exact) mass is 307 g/mol. The molecule has 1 aliphatic rings. The molecule has 3 rings (SSSR count). The lowest BCUT2D eigenvalue weighted by Gasteiger charge is -2.07. The first-order valence-corrected chi connectivity index (χ1v) is 7.98. The van der Waals surface area contributed by atoms with Crippen LogP contribution in [0, 0.1) is 0 Å².